The van der Waals surface area contributed by atoms with Crippen molar-refractivity contribution in [3.05, 3.63) is 114 Å². The summed E-state index contributed by atoms with van der Waals surface area (Å²) in [5, 5.41) is 34.2. The van der Waals surface area contributed by atoms with Crippen LogP contribution in [0.2, 0.25) is 0 Å². The van der Waals surface area contributed by atoms with Crippen LogP contribution in [0.4, 0.5) is 14.9 Å². The average molecular weight is 499 g/mol. The number of carbonyl (C=O) groups excluding carboxylic acids is 1. The predicted molar refractivity (Wildman–Crippen MR) is 140 cm³/mol. The minimum Gasteiger partial charge on any atom is -0.508 e. The van der Waals surface area contributed by atoms with Gasteiger partial charge in [-0.15, -0.1) is 0 Å². The van der Waals surface area contributed by atoms with Crippen molar-refractivity contribution in [3.63, 3.8) is 0 Å². The Labute approximate surface area is 214 Å². The van der Waals surface area contributed by atoms with Crippen LogP contribution in [0.1, 0.15) is 36.1 Å². The van der Waals surface area contributed by atoms with E-state index in [9.17, 15) is 24.5 Å². The van der Waals surface area contributed by atoms with Crippen LogP contribution < -0.4 is 10.2 Å². The van der Waals surface area contributed by atoms with Gasteiger partial charge in [-0.1, -0.05) is 54.6 Å². The van der Waals surface area contributed by atoms with E-state index in [1.807, 2.05) is 54.6 Å². The molecule has 0 bridgehead atoms. The van der Waals surface area contributed by atoms with Gasteiger partial charge in [-0.3, -0.25) is 4.90 Å². The lowest BCUT2D eigenvalue weighted by atomic mass is 9.92. The highest BCUT2D eigenvalue weighted by molar-refractivity contribution is 5.96. The third kappa shape index (κ3) is 5.13. The highest BCUT2D eigenvalue weighted by Gasteiger charge is 2.42. The number of nitrogens with zero attached hydrogens (tertiary/aromatic N) is 1. The number of benzene rings is 4. The number of halogens is 1. The molecule has 37 heavy (non-hydrogen) atoms. The standard InChI is InChI=1S/C30H27FN2O4/c31-22-10-6-21(7-11-22)27(35)17-16-26-29(25-15-14-24(34)18-28(25)36)33(30(37)32-26)23-12-8-20(9-13-23)19-4-2-1-3-5-19/h1-15,18,26-27,29,34-36H,16-17H2,(H,32,37)/t26-,27-,29+/m0/s1. The summed E-state index contributed by atoms with van der Waals surface area (Å²) in [4.78, 5) is 14.8. The van der Waals surface area contributed by atoms with Gasteiger partial charge < -0.3 is 20.6 Å². The van der Waals surface area contributed by atoms with Crippen molar-refractivity contribution in [1.82, 2.24) is 5.32 Å². The molecule has 5 rings (SSSR count). The van der Waals surface area contributed by atoms with Gasteiger partial charge in [-0.05, 0) is 65.9 Å². The summed E-state index contributed by atoms with van der Waals surface area (Å²) >= 11 is 0. The maximum atomic E-state index is 13.3. The number of nitrogens with one attached hydrogen (secondary N) is 1. The largest absolute Gasteiger partial charge is 0.508 e. The van der Waals surface area contributed by atoms with Gasteiger partial charge in [0, 0.05) is 17.3 Å². The SMILES string of the molecule is O=C1N[C@@H](CC[C@H](O)c2ccc(F)cc2)[C@@H](c2ccc(O)cc2O)N1c1ccc(-c2ccccc2)cc1. The zero-order chi connectivity index (χ0) is 25.9. The number of carbonyl (C=O) groups is 1. The Hall–Kier alpha value is -4.36. The van der Waals surface area contributed by atoms with Gasteiger partial charge >= 0.3 is 6.03 Å². The molecule has 2 amide bonds. The summed E-state index contributed by atoms with van der Waals surface area (Å²) in [6.07, 6.45) is -0.133. The van der Waals surface area contributed by atoms with Crippen LogP contribution in [0, 0.1) is 5.82 Å². The van der Waals surface area contributed by atoms with Crippen LogP contribution >= 0.6 is 0 Å². The minimum absolute atomic E-state index is 0.0828. The van der Waals surface area contributed by atoms with E-state index in [0.29, 0.717) is 29.7 Å². The Balaban J connectivity index is 1.44. The summed E-state index contributed by atoms with van der Waals surface area (Å²) in [6.45, 7) is 0. The van der Waals surface area contributed by atoms with Crippen LogP contribution in [-0.4, -0.2) is 27.4 Å². The van der Waals surface area contributed by atoms with Crippen molar-refractivity contribution >= 4 is 11.7 Å². The van der Waals surface area contributed by atoms with Gasteiger partial charge in [0.15, 0.2) is 0 Å². The van der Waals surface area contributed by atoms with E-state index in [1.54, 1.807) is 11.0 Å². The predicted octanol–water partition coefficient (Wildman–Crippen LogP) is 6.06. The summed E-state index contributed by atoms with van der Waals surface area (Å²) in [5.41, 5.74) is 3.77. The van der Waals surface area contributed by atoms with Gasteiger partial charge in [-0.25, -0.2) is 9.18 Å². The monoisotopic (exact) mass is 498 g/mol. The van der Waals surface area contributed by atoms with Crippen molar-refractivity contribution < 1.29 is 24.5 Å². The lowest BCUT2D eigenvalue weighted by molar-refractivity contribution is 0.159. The third-order valence-corrected chi connectivity index (χ3v) is 6.78. The Bertz CT molecular complexity index is 1380. The number of phenols is 2. The van der Waals surface area contributed by atoms with Crippen LogP contribution in [0.25, 0.3) is 11.1 Å². The molecular formula is C30H27FN2O4. The van der Waals surface area contributed by atoms with Gasteiger partial charge in [0.25, 0.3) is 0 Å². The molecule has 4 aromatic rings. The molecule has 4 N–H and O–H groups in total. The maximum Gasteiger partial charge on any atom is 0.322 e. The topological polar surface area (TPSA) is 93.0 Å². The summed E-state index contributed by atoms with van der Waals surface area (Å²) in [7, 11) is 0. The first-order valence-electron chi connectivity index (χ1n) is 12.1. The van der Waals surface area contributed by atoms with E-state index in [1.165, 1.54) is 36.4 Å². The molecule has 4 aromatic carbocycles. The molecule has 1 aliphatic rings. The van der Waals surface area contributed by atoms with Crippen molar-refractivity contribution in [1.29, 1.82) is 0 Å². The molecule has 1 aliphatic heterocycles. The number of rotatable bonds is 7. The van der Waals surface area contributed by atoms with Crippen LogP contribution in [0.3, 0.4) is 0 Å². The van der Waals surface area contributed by atoms with Crippen LogP contribution in [0.5, 0.6) is 11.5 Å². The molecule has 0 unspecified atom stereocenters. The second-order valence-electron chi connectivity index (χ2n) is 9.17. The molecule has 1 saturated heterocycles. The van der Waals surface area contributed by atoms with E-state index in [-0.39, 0.29) is 23.3 Å². The van der Waals surface area contributed by atoms with Crippen molar-refractivity contribution in [3.8, 4) is 22.6 Å². The zero-order valence-corrected chi connectivity index (χ0v) is 20.0. The first-order chi connectivity index (χ1) is 17.9. The van der Waals surface area contributed by atoms with Gasteiger partial charge in [0.05, 0.1) is 18.2 Å². The molecule has 1 fully saturated rings. The average Bonchev–Trinajstić information content (AvgIpc) is 3.23. The lowest BCUT2D eigenvalue weighted by Gasteiger charge is -2.28. The van der Waals surface area contributed by atoms with Gasteiger partial charge in [0.1, 0.15) is 17.3 Å². The number of hydrogen-bond acceptors (Lipinski definition) is 4. The summed E-state index contributed by atoms with van der Waals surface area (Å²) < 4.78 is 13.3. The molecule has 0 aliphatic carbocycles. The highest BCUT2D eigenvalue weighted by atomic mass is 19.1. The molecule has 1 heterocycles. The van der Waals surface area contributed by atoms with Crippen LogP contribution in [-0.2, 0) is 0 Å². The first-order valence-corrected chi connectivity index (χ1v) is 12.1. The zero-order valence-electron chi connectivity index (χ0n) is 20.0. The molecule has 0 spiro atoms. The smallest absolute Gasteiger partial charge is 0.322 e. The molecule has 6 nitrogen and oxygen atoms in total. The first kappa shape index (κ1) is 24.3. The fraction of sp³-hybridized carbons (Fsp3) is 0.167. The second-order valence-corrected chi connectivity index (χ2v) is 9.17. The fourth-order valence-electron chi connectivity index (χ4n) is 4.89. The number of urea groups is 1. The third-order valence-electron chi connectivity index (χ3n) is 6.78. The molecule has 7 heteroatoms. The van der Waals surface area contributed by atoms with Gasteiger partial charge in [0.2, 0.25) is 0 Å². The number of anilines is 1. The van der Waals surface area contributed by atoms with Crippen LogP contribution in [0.15, 0.2) is 97.1 Å². The van der Waals surface area contributed by atoms with Crippen molar-refractivity contribution in [2.45, 2.75) is 31.0 Å². The number of aliphatic hydroxyl groups excluding tert-OH is 1. The van der Waals surface area contributed by atoms with E-state index in [0.717, 1.165) is 11.1 Å². The lowest BCUT2D eigenvalue weighted by Crippen LogP contribution is -2.29. The normalized spacial score (nSPS) is 18.0. The number of phenolic OH excluding ortho intramolecular Hbond substituents is 2. The van der Waals surface area contributed by atoms with E-state index in [4.69, 9.17) is 0 Å². The Morgan fingerprint density at radius 3 is 2.22 bits per heavy atom. The number of amides is 2. The Morgan fingerprint density at radius 2 is 1.54 bits per heavy atom. The van der Waals surface area contributed by atoms with Gasteiger partial charge in [-0.2, -0.15) is 0 Å². The summed E-state index contributed by atoms with van der Waals surface area (Å²) in [5.74, 6) is -0.590. The Morgan fingerprint density at radius 1 is 0.865 bits per heavy atom. The molecule has 188 valence electrons. The molecule has 0 radical (unpaired) electrons. The number of aliphatic hydroxyl groups is 1. The molecule has 0 saturated carbocycles. The van der Waals surface area contributed by atoms with E-state index >= 15 is 0 Å². The molecule has 3 atom stereocenters. The van der Waals surface area contributed by atoms with Crippen molar-refractivity contribution in [2.75, 3.05) is 4.90 Å². The van der Waals surface area contributed by atoms with E-state index in [2.05, 4.69) is 5.32 Å². The minimum atomic E-state index is -0.842. The quantitative estimate of drug-likeness (QED) is 0.249. The molecular weight excluding hydrogens is 471 g/mol. The maximum absolute atomic E-state index is 13.3. The number of aromatic hydroxyl groups is 2. The fourth-order valence-corrected chi connectivity index (χ4v) is 4.89. The highest BCUT2D eigenvalue weighted by Crippen LogP contribution is 2.41. The van der Waals surface area contributed by atoms with E-state index < -0.39 is 18.2 Å². The Kier molecular flexibility index (Phi) is 6.79. The second kappa shape index (κ2) is 10.3. The summed E-state index contributed by atoms with van der Waals surface area (Å²) in [6, 6.07) is 26.2. The molecule has 0 aromatic heterocycles. The number of hydrogen-bond donors (Lipinski definition) is 4. The van der Waals surface area contributed by atoms with Crippen molar-refractivity contribution in [2.24, 2.45) is 0 Å².